The number of hydrogen-bond donors (Lipinski definition) is 3. The molecule has 0 saturated heterocycles. The summed E-state index contributed by atoms with van der Waals surface area (Å²) >= 11 is 0. The fourth-order valence-electron chi connectivity index (χ4n) is 1.44. The molecule has 18 heavy (non-hydrogen) atoms. The number of aliphatic hydroxyl groups excluding tert-OH is 1. The van der Waals surface area contributed by atoms with Crippen LogP contribution in [-0.4, -0.2) is 41.4 Å². The summed E-state index contributed by atoms with van der Waals surface area (Å²) < 4.78 is 5.30. The van der Waals surface area contributed by atoms with Crippen LogP contribution in [0, 0.1) is 0 Å². The van der Waals surface area contributed by atoms with Gasteiger partial charge >= 0.3 is 0 Å². The van der Waals surface area contributed by atoms with E-state index in [9.17, 15) is 5.11 Å². The summed E-state index contributed by atoms with van der Waals surface area (Å²) in [6.07, 6.45) is 0.830. The van der Waals surface area contributed by atoms with Gasteiger partial charge in [-0.15, -0.1) is 0 Å². The second kappa shape index (κ2) is 7.84. The van der Waals surface area contributed by atoms with Crippen molar-refractivity contribution >= 4 is 11.6 Å². The minimum absolute atomic E-state index is 0.00421. The van der Waals surface area contributed by atoms with E-state index in [0.717, 1.165) is 12.2 Å². The summed E-state index contributed by atoms with van der Waals surface area (Å²) in [5.74, 6) is 2.05. The minimum Gasteiger partial charge on any atom is -0.394 e. The van der Waals surface area contributed by atoms with Gasteiger partial charge in [0.15, 0.2) is 5.82 Å². The normalized spacial score (nSPS) is 12.2. The van der Waals surface area contributed by atoms with E-state index in [0.29, 0.717) is 24.9 Å². The first-order chi connectivity index (χ1) is 8.73. The Labute approximate surface area is 108 Å². The summed E-state index contributed by atoms with van der Waals surface area (Å²) in [4.78, 5) is 8.65. The van der Waals surface area contributed by atoms with Gasteiger partial charge in [0, 0.05) is 19.7 Å². The molecule has 0 spiro atoms. The molecule has 0 aliphatic heterocycles. The number of rotatable bonds is 8. The van der Waals surface area contributed by atoms with Crippen LogP contribution in [0.3, 0.4) is 0 Å². The van der Waals surface area contributed by atoms with Gasteiger partial charge in [-0.3, -0.25) is 0 Å². The summed E-state index contributed by atoms with van der Waals surface area (Å²) in [5.41, 5.74) is 0. The largest absolute Gasteiger partial charge is 0.394 e. The highest BCUT2D eigenvalue weighted by atomic mass is 16.5. The second-order valence-electron chi connectivity index (χ2n) is 3.87. The average Bonchev–Trinajstić information content (AvgIpc) is 2.42. The van der Waals surface area contributed by atoms with E-state index in [2.05, 4.69) is 20.6 Å². The first-order valence-electron chi connectivity index (χ1n) is 6.24. The maximum Gasteiger partial charge on any atom is 0.158 e. The fourth-order valence-corrected chi connectivity index (χ4v) is 1.44. The van der Waals surface area contributed by atoms with Crippen LogP contribution >= 0.6 is 0 Å². The lowest BCUT2D eigenvalue weighted by molar-refractivity contribution is 0.128. The van der Waals surface area contributed by atoms with Crippen LogP contribution in [0.1, 0.15) is 26.1 Å². The Morgan fingerprint density at radius 3 is 2.61 bits per heavy atom. The zero-order valence-electron chi connectivity index (χ0n) is 11.2. The number of nitrogens with one attached hydrogen (secondary N) is 2. The van der Waals surface area contributed by atoms with Crippen molar-refractivity contribution in [2.75, 3.05) is 30.9 Å². The van der Waals surface area contributed by atoms with Crippen LogP contribution < -0.4 is 10.6 Å². The number of nitrogens with zero attached hydrogens (tertiary/aromatic N) is 2. The number of ether oxygens (including phenoxy) is 1. The molecular weight excluding hydrogens is 232 g/mol. The van der Waals surface area contributed by atoms with Crippen molar-refractivity contribution in [3.63, 3.8) is 0 Å². The minimum atomic E-state index is 0.00421. The van der Waals surface area contributed by atoms with Crippen molar-refractivity contribution in [2.24, 2.45) is 0 Å². The van der Waals surface area contributed by atoms with Gasteiger partial charge in [-0.1, -0.05) is 6.92 Å². The van der Waals surface area contributed by atoms with Gasteiger partial charge in [0.2, 0.25) is 0 Å². The van der Waals surface area contributed by atoms with Crippen LogP contribution in [0.4, 0.5) is 11.6 Å². The number of aromatic nitrogens is 2. The van der Waals surface area contributed by atoms with E-state index in [1.807, 2.05) is 19.9 Å². The molecule has 1 aromatic rings. The molecule has 102 valence electrons. The third kappa shape index (κ3) is 4.46. The second-order valence-corrected chi connectivity index (χ2v) is 3.87. The molecule has 1 rings (SSSR count). The molecule has 1 unspecified atom stereocenters. The van der Waals surface area contributed by atoms with Crippen molar-refractivity contribution in [1.82, 2.24) is 9.97 Å². The average molecular weight is 254 g/mol. The van der Waals surface area contributed by atoms with Crippen molar-refractivity contribution in [1.29, 1.82) is 0 Å². The van der Waals surface area contributed by atoms with E-state index in [1.54, 1.807) is 7.05 Å². The van der Waals surface area contributed by atoms with Gasteiger partial charge in [0.1, 0.15) is 18.2 Å². The van der Waals surface area contributed by atoms with Crippen LogP contribution in [0.25, 0.3) is 0 Å². The molecule has 0 radical (unpaired) electrons. The standard InChI is InChI=1S/C12H22N4O2/c1-4-9(7-17)14-11-6-10(13-3)15-12(16-11)8-18-5-2/h6,9,17H,4-5,7-8H2,1-3H3,(H2,13,14,15,16). The topological polar surface area (TPSA) is 79.3 Å². The summed E-state index contributed by atoms with van der Waals surface area (Å²) in [5, 5.41) is 15.3. The molecule has 3 N–H and O–H groups in total. The van der Waals surface area contributed by atoms with Crippen LogP contribution in [-0.2, 0) is 11.3 Å². The van der Waals surface area contributed by atoms with Crippen molar-refractivity contribution < 1.29 is 9.84 Å². The van der Waals surface area contributed by atoms with Gasteiger partial charge in [-0.05, 0) is 13.3 Å². The number of hydrogen-bond acceptors (Lipinski definition) is 6. The Morgan fingerprint density at radius 1 is 1.33 bits per heavy atom. The van der Waals surface area contributed by atoms with Gasteiger partial charge < -0.3 is 20.5 Å². The fraction of sp³-hybridized carbons (Fsp3) is 0.667. The molecule has 1 aromatic heterocycles. The molecule has 0 fully saturated rings. The molecule has 1 atom stereocenters. The lowest BCUT2D eigenvalue weighted by atomic mass is 10.2. The molecule has 0 aliphatic carbocycles. The van der Waals surface area contributed by atoms with Crippen molar-refractivity contribution in [3.8, 4) is 0 Å². The molecule has 0 aliphatic rings. The number of anilines is 2. The molecule has 6 heteroatoms. The van der Waals surface area contributed by atoms with Crippen LogP contribution in [0.5, 0.6) is 0 Å². The zero-order chi connectivity index (χ0) is 13.4. The summed E-state index contributed by atoms with van der Waals surface area (Å²) in [6, 6.07) is 1.82. The van der Waals surface area contributed by atoms with E-state index in [-0.39, 0.29) is 12.6 Å². The summed E-state index contributed by atoms with van der Waals surface area (Å²) in [7, 11) is 1.81. The van der Waals surface area contributed by atoms with E-state index >= 15 is 0 Å². The Hall–Kier alpha value is -1.40. The van der Waals surface area contributed by atoms with Crippen molar-refractivity contribution in [2.45, 2.75) is 32.9 Å². The SMILES string of the molecule is CCOCc1nc(NC)cc(NC(CC)CO)n1. The van der Waals surface area contributed by atoms with E-state index in [1.165, 1.54) is 0 Å². The Bertz CT molecular complexity index is 356. The molecule has 0 saturated carbocycles. The molecule has 0 aromatic carbocycles. The van der Waals surface area contributed by atoms with Crippen LogP contribution in [0.15, 0.2) is 6.07 Å². The third-order valence-electron chi connectivity index (χ3n) is 2.53. The molecule has 6 nitrogen and oxygen atoms in total. The maximum absolute atomic E-state index is 9.18. The monoisotopic (exact) mass is 254 g/mol. The first kappa shape index (κ1) is 14.7. The highest BCUT2D eigenvalue weighted by molar-refractivity contribution is 5.47. The predicted octanol–water partition coefficient (Wildman–Crippen LogP) is 1.24. The molecule has 0 amide bonds. The summed E-state index contributed by atoms with van der Waals surface area (Å²) in [6.45, 7) is 5.03. The van der Waals surface area contributed by atoms with Crippen LogP contribution in [0.2, 0.25) is 0 Å². The lowest BCUT2D eigenvalue weighted by Crippen LogP contribution is -2.23. The molecule has 1 heterocycles. The molecule has 0 bridgehead atoms. The van der Waals surface area contributed by atoms with Gasteiger partial charge in [0.25, 0.3) is 0 Å². The molecular formula is C12H22N4O2. The highest BCUT2D eigenvalue weighted by Gasteiger charge is 2.08. The van der Waals surface area contributed by atoms with E-state index < -0.39 is 0 Å². The van der Waals surface area contributed by atoms with E-state index in [4.69, 9.17) is 4.74 Å². The predicted molar refractivity (Wildman–Crippen MR) is 71.7 cm³/mol. The van der Waals surface area contributed by atoms with Gasteiger partial charge in [-0.2, -0.15) is 0 Å². The maximum atomic E-state index is 9.18. The highest BCUT2D eigenvalue weighted by Crippen LogP contribution is 2.13. The quantitative estimate of drug-likeness (QED) is 0.647. The van der Waals surface area contributed by atoms with Gasteiger partial charge in [-0.25, -0.2) is 9.97 Å². The first-order valence-corrected chi connectivity index (χ1v) is 6.24. The Balaban J connectivity index is 2.82. The number of aliphatic hydroxyl groups is 1. The Morgan fingerprint density at radius 2 is 2.06 bits per heavy atom. The smallest absolute Gasteiger partial charge is 0.158 e. The van der Waals surface area contributed by atoms with Gasteiger partial charge in [0.05, 0.1) is 12.6 Å². The van der Waals surface area contributed by atoms with Crippen molar-refractivity contribution in [3.05, 3.63) is 11.9 Å². The zero-order valence-corrected chi connectivity index (χ0v) is 11.2. The third-order valence-corrected chi connectivity index (χ3v) is 2.53. The Kier molecular flexibility index (Phi) is 6.38. The lowest BCUT2D eigenvalue weighted by Gasteiger charge is -2.16.